The number of nitrogens with one attached hydrogen (secondary N) is 3. The average molecular weight is 362 g/mol. The molecule has 1 aromatic rings. The predicted molar refractivity (Wildman–Crippen MR) is 103 cm³/mol. The Balaban J connectivity index is 1.71. The third-order valence-corrected chi connectivity index (χ3v) is 3.91. The lowest BCUT2D eigenvalue weighted by Crippen LogP contribution is -2.43. The van der Waals surface area contributed by atoms with Crippen molar-refractivity contribution < 1.29 is 14.3 Å². The van der Waals surface area contributed by atoms with Crippen LogP contribution < -0.4 is 20.7 Å². The van der Waals surface area contributed by atoms with Gasteiger partial charge in [-0.15, -0.1) is 0 Å². The molecule has 1 aromatic carbocycles. The van der Waals surface area contributed by atoms with Crippen LogP contribution in [-0.4, -0.2) is 50.9 Å². The van der Waals surface area contributed by atoms with Crippen LogP contribution in [0.1, 0.15) is 38.7 Å². The first-order valence-electron chi connectivity index (χ1n) is 9.02. The van der Waals surface area contributed by atoms with Gasteiger partial charge in [0.05, 0.1) is 6.61 Å². The summed E-state index contributed by atoms with van der Waals surface area (Å²) in [5, 5.41) is 9.25. The van der Waals surface area contributed by atoms with Gasteiger partial charge in [0.2, 0.25) is 0 Å². The molecule has 0 aliphatic carbocycles. The zero-order chi connectivity index (χ0) is 19.0. The minimum absolute atomic E-state index is 0.387. The van der Waals surface area contributed by atoms with E-state index in [4.69, 9.17) is 9.47 Å². The summed E-state index contributed by atoms with van der Waals surface area (Å²) in [6.45, 7) is 8.04. The molecule has 7 nitrogen and oxygen atoms in total. The number of hydrogen-bond donors (Lipinski definition) is 3. The molecule has 1 aliphatic heterocycles. The Kier molecular flexibility index (Phi) is 7.12. The second-order valence-electron chi connectivity index (χ2n) is 7.18. The number of fused-ring (bicyclic) bond motifs is 1. The standard InChI is InChI=1S/C19H30N4O3/c1-19(2,3)26-18(24)22-11-10-21-17(20-4)23-13-14-9-12-25-16-8-6-5-7-15(14)16/h5-8,14H,9-13H2,1-4H3,(H,22,24)(H2,20,21,23). The molecule has 1 atom stereocenters. The molecule has 3 N–H and O–H groups in total. The molecule has 0 fully saturated rings. The topological polar surface area (TPSA) is 84.0 Å². The number of benzene rings is 1. The number of guanidine groups is 1. The van der Waals surface area contributed by atoms with E-state index in [9.17, 15) is 4.79 Å². The van der Waals surface area contributed by atoms with E-state index in [1.54, 1.807) is 7.05 Å². The van der Waals surface area contributed by atoms with E-state index in [1.165, 1.54) is 5.56 Å². The fourth-order valence-corrected chi connectivity index (χ4v) is 2.73. The van der Waals surface area contributed by atoms with Gasteiger partial charge in [0.15, 0.2) is 5.96 Å². The molecule has 1 aliphatic rings. The highest BCUT2D eigenvalue weighted by atomic mass is 16.6. The van der Waals surface area contributed by atoms with Crippen molar-refractivity contribution in [3.63, 3.8) is 0 Å². The van der Waals surface area contributed by atoms with Gasteiger partial charge in [-0.2, -0.15) is 0 Å². The van der Waals surface area contributed by atoms with Gasteiger partial charge in [-0.1, -0.05) is 18.2 Å². The smallest absolute Gasteiger partial charge is 0.407 e. The Morgan fingerprint density at radius 2 is 1.96 bits per heavy atom. The van der Waals surface area contributed by atoms with Gasteiger partial charge in [-0.25, -0.2) is 4.79 Å². The average Bonchev–Trinajstić information content (AvgIpc) is 2.59. The van der Waals surface area contributed by atoms with E-state index in [2.05, 4.69) is 27.0 Å². The number of aliphatic imine (C=N–C) groups is 1. The molecule has 0 saturated heterocycles. The van der Waals surface area contributed by atoms with Crippen LogP contribution in [-0.2, 0) is 4.74 Å². The monoisotopic (exact) mass is 362 g/mol. The molecule has 2 rings (SSSR count). The van der Waals surface area contributed by atoms with E-state index in [1.807, 2.05) is 39.0 Å². The summed E-state index contributed by atoms with van der Waals surface area (Å²) >= 11 is 0. The quantitative estimate of drug-likeness (QED) is 0.425. The number of para-hydroxylation sites is 1. The van der Waals surface area contributed by atoms with Crippen molar-refractivity contribution in [1.29, 1.82) is 0 Å². The number of hydrogen-bond acceptors (Lipinski definition) is 4. The van der Waals surface area contributed by atoms with Gasteiger partial charge >= 0.3 is 6.09 Å². The Labute approximate surface area is 155 Å². The summed E-state index contributed by atoms with van der Waals surface area (Å²) in [7, 11) is 1.73. The normalized spacial score (nSPS) is 16.9. The molecule has 0 radical (unpaired) electrons. The van der Waals surface area contributed by atoms with Crippen molar-refractivity contribution in [3.05, 3.63) is 29.8 Å². The minimum Gasteiger partial charge on any atom is -0.493 e. The molecule has 26 heavy (non-hydrogen) atoms. The van der Waals surface area contributed by atoms with E-state index in [0.717, 1.165) is 25.3 Å². The predicted octanol–water partition coefficient (Wildman–Crippen LogP) is 2.24. The molecule has 1 heterocycles. The number of alkyl carbamates (subject to hydrolysis) is 1. The van der Waals surface area contributed by atoms with Crippen LogP contribution in [0.2, 0.25) is 0 Å². The van der Waals surface area contributed by atoms with Gasteiger partial charge in [-0.3, -0.25) is 4.99 Å². The first kappa shape index (κ1) is 19.9. The third kappa shape index (κ3) is 6.46. The summed E-state index contributed by atoms with van der Waals surface area (Å²) in [6, 6.07) is 8.15. The van der Waals surface area contributed by atoms with Gasteiger partial charge in [0.1, 0.15) is 11.4 Å². The largest absolute Gasteiger partial charge is 0.493 e. The number of amides is 1. The fourth-order valence-electron chi connectivity index (χ4n) is 2.73. The molecule has 0 aromatic heterocycles. The number of ether oxygens (including phenoxy) is 2. The van der Waals surface area contributed by atoms with Gasteiger partial charge in [0.25, 0.3) is 0 Å². The molecule has 1 amide bonds. The van der Waals surface area contributed by atoms with Crippen molar-refractivity contribution in [2.24, 2.45) is 4.99 Å². The highest BCUT2D eigenvalue weighted by Gasteiger charge is 2.21. The van der Waals surface area contributed by atoms with Crippen molar-refractivity contribution in [1.82, 2.24) is 16.0 Å². The second kappa shape index (κ2) is 9.31. The van der Waals surface area contributed by atoms with Gasteiger partial charge in [0, 0.05) is 32.6 Å². The SMILES string of the molecule is CN=C(NCCNC(=O)OC(C)(C)C)NCC1CCOc2ccccc21. The number of carbonyl (C=O) groups is 1. The van der Waals surface area contributed by atoms with Crippen LogP contribution in [0.25, 0.3) is 0 Å². The van der Waals surface area contributed by atoms with Crippen LogP contribution >= 0.6 is 0 Å². The molecule has 0 spiro atoms. The molecule has 0 bridgehead atoms. The van der Waals surface area contributed by atoms with Crippen molar-refractivity contribution in [2.75, 3.05) is 33.3 Å². The maximum atomic E-state index is 11.6. The first-order chi connectivity index (χ1) is 12.4. The van der Waals surface area contributed by atoms with E-state index >= 15 is 0 Å². The van der Waals surface area contributed by atoms with Crippen LogP contribution in [0.5, 0.6) is 5.75 Å². The van der Waals surface area contributed by atoms with Gasteiger partial charge < -0.3 is 25.4 Å². The zero-order valence-electron chi connectivity index (χ0n) is 16.1. The van der Waals surface area contributed by atoms with E-state index in [-0.39, 0.29) is 0 Å². The fraction of sp³-hybridized carbons (Fsp3) is 0.579. The van der Waals surface area contributed by atoms with Crippen LogP contribution in [0.3, 0.4) is 0 Å². The zero-order valence-corrected chi connectivity index (χ0v) is 16.1. The number of nitrogens with zero attached hydrogens (tertiary/aromatic N) is 1. The molecule has 7 heteroatoms. The lowest BCUT2D eigenvalue weighted by Gasteiger charge is -2.26. The summed E-state index contributed by atoms with van der Waals surface area (Å²) in [4.78, 5) is 15.8. The first-order valence-corrected chi connectivity index (χ1v) is 9.02. The van der Waals surface area contributed by atoms with Crippen LogP contribution in [0.4, 0.5) is 4.79 Å². The molecular weight excluding hydrogens is 332 g/mol. The number of carbonyl (C=O) groups excluding carboxylic acids is 1. The van der Waals surface area contributed by atoms with Crippen molar-refractivity contribution in [2.45, 2.75) is 38.7 Å². The maximum absolute atomic E-state index is 11.6. The number of rotatable bonds is 5. The van der Waals surface area contributed by atoms with Gasteiger partial charge in [-0.05, 0) is 38.8 Å². The molecule has 0 saturated carbocycles. The highest BCUT2D eigenvalue weighted by Crippen LogP contribution is 2.32. The van der Waals surface area contributed by atoms with Crippen LogP contribution in [0.15, 0.2) is 29.3 Å². The Hall–Kier alpha value is -2.44. The highest BCUT2D eigenvalue weighted by molar-refractivity contribution is 5.79. The van der Waals surface area contributed by atoms with Crippen molar-refractivity contribution >= 4 is 12.1 Å². The second-order valence-corrected chi connectivity index (χ2v) is 7.18. The van der Waals surface area contributed by atoms with E-state index < -0.39 is 11.7 Å². The summed E-state index contributed by atoms with van der Waals surface area (Å²) in [5.74, 6) is 2.06. The van der Waals surface area contributed by atoms with Crippen LogP contribution in [0, 0.1) is 0 Å². The lowest BCUT2D eigenvalue weighted by molar-refractivity contribution is 0.0529. The summed E-state index contributed by atoms with van der Waals surface area (Å²) in [6.07, 6.45) is 0.558. The lowest BCUT2D eigenvalue weighted by atomic mass is 9.93. The molecule has 144 valence electrons. The van der Waals surface area contributed by atoms with E-state index in [0.29, 0.717) is 25.0 Å². The summed E-state index contributed by atoms with van der Waals surface area (Å²) < 4.78 is 10.9. The van der Waals surface area contributed by atoms with Crippen molar-refractivity contribution in [3.8, 4) is 5.75 Å². The molecular formula is C19H30N4O3. The Morgan fingerprint density at radius 1 is 1.23 bits per heavy atom. The third-order valence-electron chi connectivity index (χ3n) is 3.91. The minimum atomic E-state index is -0.491. The summed E-state index contributed by atoms with van der Waals surface area (Å²) in [5.41, 5.74) is 0.739. The Bertz CT molecular complexity index is 625. The molecule has 1 unspecified atom stereocenters. The Morgan fingerprint density at radius 3 is 2.69 bits per heavy atom. The maximum Gasteiger partial charge on any atom is 0.407 e.